The monoisotopic (exact) mass is 363 g/mol. The summed E-state index contributed by atoms with van der Waals surface area (Å²) in [5, 5.41) is 16.0. The lowest BCUT2D eigenvalue weighted by Crippen LogP contribution is -2.50. The molecule has 0 bridgehead atoms. The SMILES string of the molecule is O=S(=O)(c1ccccc1F)N1CC(n2cc(Cn3nccn3)nn2)C1. The molecular formula is C14H14FN7O2S. The Morgan fingerprint density at radius 1 is 1.16 bits per heavy atom. The van der Waals surface area contributed by atoms with E-state index in [1.165, 1.54) is 27.3 Å². The molecule has 0 atom stereocenters. The Balaban J connectivity index is 1.44. The van der Waals surface area contributed by atoms with Crippen LogP contribution in [0, 0.1) is 5.82 Å². The molecule has 0 unspecified atom stereocenters. The summed E-state index contributed by atoms with van der Waals surface area (Å²) in [6, 6.07) is 5.23. The van der Waals surface area contributed by atoms with E-state index in [0.29, 0.717) is 12.2 Å². The Bertz CT molecular complexity index is 980. The van der Waals surface area contributed by atoms with E-state index < -0.39 is 15.8 Å². The second kappa shape index (κ2) is 6.01. The highest BCUT2D eigenvalue weighted by Crippen LogP contribution is 2.28. The van der Waals surface area contributed by atoms with E-state index in [1.54, 1.807) is 23.3 Å². The van der Waals surface area contributed by atoms with Crippen LogP contribution in [-0.2, 0) is 16.6 Å². The maximum atomic E-state index is 13.8. The molecule has 4 rings (SSSR count). The first-order valence-electron chi connectivity index (χ1n) is 7.53. The third-order valence-electron chi connectivity index (χ3n) is 3.99. The highest BCUT2D eigenvalue weighted by molar-refractivity contribution is 7.89. The highest BCUT2D eigenvalue weighted by Gasteiger charge is 2.39. The second-order valence-corrected chi connectivity index (χ2v) is 7.56. The predicted octanol–water partition coefficient (Wildman–Crippen LogP) is 0.303. The van der Waals surface area contributed by atoms with Gasteiger partial charge in [0.1, 0.15) is 23.0 Å². The normalized spacial score (nSPS) is 16.0. The van der Waals surface area contributed by atoms with Crippen LogP contribution >= 0.6 is 0 Å². The molecule has 1 fully saturated rings. The standard InChI is InChI=1S/C14H14FN7O2S/c15-13-3-1-2-4-14(13)25(23,24)20-9-12(10-20)21-7-11(18-19-21)8-22-16-5-6-17-22/h1-7,12H,8-10H2. The van der Waals surface area contributed by atoms with Gasteiger partial charge in [0, 0.05) is 13.1 Å². The molecule has 9 nitrogen and oxygen atoms in total. The summed E-state index contributed by atoms with van der Waals surface area (Å²) in [6.45, 7) is 0.829. The number of aromatic nitrogens is 6. The van der Waals surface area contributed by atoms with E-state index in [-0.39, 0.29) is 24.0 Å². The van der Waals surface area contributed by atoms with Crippen LogP contribution in [0.2, 0.25) is 0 Å². The van der Waals surface area contributed by atoms with Gasteiger partial charge in [-0.15, -0.1) is 5.10 Å². The van der Waals surface area contributed by atoms with Crippen LogP contribution in [0.5, 0.6) is 0 Å². The first-order valence-corrected chi connectivity index (χ1v) is 8.97. The number of sulfonamides is 1. The van der Waals surface area contributed by atoms with Crippen LogP contribution in [-0.4, -0.2) is 55.8 Å². The van der Waals surface area contributed by atoms with Gasteiger partial charge in [0.15, 0.2) is 0 Å². The van der Waals surface area contributed by atoms with E-state index in [9.17, 15) is 12.8 Å². The Morgan fingerprint density at radius 3 is 2.60 bits per heavy atom. The topological polar surface area (TPSA) is 98.8 Å². The molecule has 3 aromatic rings. The zero-order valence-corrected chi connectivity index (χ0v) is 13.8. The van der Waals surface area contributed by atoms with Gasteiger partial charge in [-0.2, -0.15) is 19.3 Å². The average molecular weight is 363 g/mol. The van der Waals surface area contributed by atoms with Gasteiger partial charge >= 0.3 is 0 Å². The van der Waals surface area contributed by atoms with E-state index in [1.807, 2.05) is 0 Å². The Kier molecular flexibility index (Phi) is 3.81. The molecule has 0 spiro atoms. The fraction of sp³-hybridized carbons (Fsp3) is 0.286. The van der Waals surface area contributed by atoms with Crippen LogP contribution < -0.4 is 0 Å². The van der Waals surface area contributed by atoms with Crippen molar-refractivity contribution in [2.75, 3.05) is 13.1 Å². The van der Waals surface area contributed by atoms with Crippen molar-refractivity contribution in [2.24, 2.45) is 0 Å². The average Bonchev–Trinajstić information content (AvgIpc) is 3.18. The molecule has 1 aliphatic rings. The number of halogens is 1. The molecule has 0 radical (unpaired) electrons. The summed E-state index contributed by atoms with van der Waals surface area (Å²) in [7, 11) is -3.84. The van der Waals surface area contributed by atoms with Crippen molar-refractivity contribution in [2.45, 2.75) is 17.5 Å². The molecule has 25 heavy (non-hydrogen) atoms. The maximum absolute atomic E-state index is 13.8. The van der Waals surface area contributed by atoms with Crippen molar-refractivity contribution < 1.29 is 12.8 Å². The smallest absolute Gasteiger partial charge is 0.246 e. The summed E-state index contributed by atoms with van der Waals surface area (Å²) in [4.78, 5) is 1.17. The summed E-state index contributed by atoms with van der Waals surface area (Å²) in [6.07, 6.45) is 4.88. The molecule has 3 heterocycles. The van der Waals surface area contributed by atoms with Crippen molar-refractivity contribution in [1.82, 2.24) is 34.3 Å². The molecule has 0 aliphatic carbocycles. The Labute approximate surface area is 142 Å². The van der Waals surface area contributed by atoms with Crippen LogP contribution in [0.4, 0.5) is 4.39 Å². The number of hydrogen-bond acceptors (Lipinski definition) is 6. The van der Waals surface area contributed by atoms with Gasteiger partial charge in [-0.3, -0.25) is 0 Å². The minimum Gasteiger partial charge on any atom is -0.246 e. The summed E-state index contributed by atoms with van der Waals surface area (Å²) in [5.41, 5.74) is 0.673. The molecule has 0 saturated carbocycles. The van der Waals surface area contributed by atoms with Gasteiger partial charge in [-0.05, 0) is 12.1 Å². The van der Waals surface area contributed by atoms with E-state index in [0.717, 1.165) is 6.07 Å². The van der Waals surface area contributed by atoms with Gasteiger partial charge in [-0.1, -0.05) is 17.3 Å². The fourth-order valence-electron chi connectivity index (χ4n) is 2.61. The van der Waals surface area contributed by atoms with Gasteiger partial charge in [0.05, 0.1) is 24.6 Å². The number of rotatable bonds is 5. The van der Waals surface area contributed by atoms with Crippen LogP contribution in [0.3, 0.4) is 0 Å². The molecule has 1 saturated heterocycles. The van der Waals surface area contributed by atoms with E-state index in [4.69, 9.17) is 0 Å². The third kappa shape index (κ3) is 2.91. The van der Waals surface area contributed by atoms with Gasteiger partial charge in [-0.25, -0.2) is 17.5 Å². The lowest BCUT2D eigenvalue weighted by atomic mass is 10.2. The quantitative estimate of drug-likeness (QED) is 0.647. The number of benzene rings is 1. The first kappa shape index (κ1) is 15.8. The maximum Gasteiger partial charge on any atom is 0.246 e. The summed E-state index contributed by atoms with van der Waals surface area (Å²) < 4.78 is 41.5. The molecule has 130 valence electrons. The number of nitrogens with zero attached hydrogens (tertiary/aromatic N) is 7. The Morgan fingerprint density at radius 2 is 1.88 bits per heavy atom. The van der Waals surface area contributed by atoms with Gasteiger partial charge in [0.25, 0.3) is 0 Å². The lowest BCUT2D eigenvalue weighted by molar-refractivity contribution is 0.188. The third-order valence-corrected chi connectivity index (χ3v) is 5.85. The van der Waals surface area contributed by atoms with Crippen LogP contribution in [0.25, 0.3) is 0 Å². The van der Waals surface area contributed by atoms with Crippen molar-refractivity contribution in [3.8, 4) is 0 Å². The summed E-state index contributed by atoms with van der Waals surface area (Å²) >= 11 is 0. The second-order valence-electron chi connectivity index (χ2n) is 5.66. The molecule has 0 N–H and O–H groups in total. The molecule has 1 aliphatic heterocycles. The minimum absolute atomic E-state index is 0.131. The molecule has 1 aromatic carbocycles. The number of hydrogen-bond donors (Lipinski definition) is 0. The van der Waals surface area contributed by atoms with E-state index >= 15 is 0 Å². The van der Waals surface area contributed by atoms with Crippen molar-refractivity contribution in [3.05, 3.63) is 54.4 Å². The van der Waals surface area contributed by atoms with E-state index in [2.05, 4.69) is 20.5 Å². The molecule has 0 amide bonds. The van der Waals surface area contributed by atoms with Crippen LogP contribution in [0.15, 0.2) is 47.8 Å². The molecular weight excluding hydrogens is 349 g/mol. The molecule has 11 heteroatoms. The predicted molar refractivity (Wildman–Crippen MR) is 83.3 cm³/mol. The zero-order valence-electron chi connectivity index (χ0n) is 13.0. The lowest BCUT2D eigenvalue weighted by Gasteiger charge is -2.37. The van der Waals surface area contributed by atoms with Crippen molar-refractivity contribution in [1.29, 1.82) is 0 Å². The molecule has 2 aromatic heterocycles. The van der Waals surface area contributed by atoms with Crippen molar-refractivity contribution >= 4 is 10.0 Å². The van der Waals surface area contributed by atoms with Gasteiger partial charge in [0.2, 0.25) is 10.0 Å². The highest BCUT2D eigenvalue weighted by atomic mass is 32.2. The fourth-order valence-corrected chi connectivity index (χ4v) is 4.19. The largest absolute Gasteiger partial charge is 0.246 e. The summed E-state index contributed by atoms with van der Waals surface area (Å²) in [5.74, 6) is -0.749. The van der Waals surface area contributed by atoms with Crippen LogP contribution in [0.1, 0.15) is 11.7 Å². The van der Waals surface area contributed by atoms with Gasteiger partial charge < -0.3 is 0 Å². The Hall–Kier alpha value is -2.66. The zero-order chi connectivity index (χ0) is 17.4. The first-order chi connectivity index (χ1) is 12.0. The minimum atomic E-state index is -3.84. The van der Waals surface area contributed by atoms with Crippen molar-refractivity contribution in [3.63, 3.8) is 0 Å².